The van der Waals surface area contributed by atoms with Crippen molar-refractivity contribution in [2.45, 2.75) is 271 Å². The van der Waals surface area contributed by atoms with Gasteiger partial charge in [-0.25, -0.2) is 0 Å². The highest BCUT2D eigenvalue weighted by Crippen LogP contribution is 2.14. The zero-order chi connectivity index (χ0) is 54.3. The van der Waals surface area contributed by atoms with E-state index < -0.39 is 6.10 Å². The molecule has 0 aliphatic heterocycles. The smallest absolute Gasteiger partial charge is 0.306 e. The second kappa shape index (κ2) is 62.1. The number of hydrogen-bond acceptors (Lipinski definition) is 6. The predicted octanol–water partition coefficient (Wildman–Crippen LogP) is 21.0. The van der Waals surface area contributed by atoms with E-state index in [1.807, 2.05) is 0 Å². The summed E-state index contributed by atoms with van der Waals surface area (Å²) < 4.78 is 16.8. The van der Waals surface area contributed by atoms with Crippen molar-refractivity contribution in [3.63, 3.8) is 0 Å². The minimum atomic E-state index is -0.790. The van der Waals surface area contributed by atoms with E-state index in [-0.39, 0.29) is 31.1 Å². The molecule has 0 spiro atoms. The van der Waals surface area contributed by atoms with Gasteiger partial charge in [0.25, 0.3) is 0 Å². The van der Waals surface area contributed by atoms with Crippen LogP contribution in [0.25, 0.3) is 0 Å². The summed E-state index contributed by atoms with van der Waals surface area (Å²) in [6.45, 7) is 6.43. The Hall–Kier alpha value is -4.45. The van der Waals surface area contributed by atoms with Crippen LogP contribution in [-0.4, -0.2) is 37.2 Å². The monoisotopic (exact) mass is 1040 g/mol. The molecule has 0 fully saturated rings. The quantitative estimate of drug-likeness (QED) is 0.0261. The molecular weight excluding hydrogens is 925 g/mol. The van der Waals surface area contributed by atoms with Gasteiger partial charge in [0.15, 0.2) is 6.10 Å². The zero-order valence-electron chi connectivity index (χ0n) is 48.5. The molecule has 1 unspecified atom stereocenters. The first-order valence-corrected chi connectivity index (χ1v) is 30.7. The van der Waals surface area contributed by atoms with E-state index in [0.717, 1.165) is 148 Å². The van der Waals surface area contributed by atoms with E-state index in [1.165, 1.54) is 77.0 Å². The molecule has 0 saturated heterocycles. The van der Waals surface area contributed by atoms with Crippen molar-refractivity contribution in [3.05, 3.63) is 134 Å². The third kappa shape index (κ3) is 60.3. The summed E-state index contributed by atoms with van der Waals surface area (Å²) in [4.78, 5) is 38.0. The third-order valence-corrected chi connectivity index (χ3v) is 12.6. The number of rotatable bonds is 54. The molecule has 0 rings (SSSR count). The first-order valence-electron chi connectivity index (χ1n) is 30.7. The standard InChI is InChI=1S/C69H112O6/c1-4-7-10-13-16-18-20-22-24-25-26-27-28-29-30-31-32-33-34-35-36-37-38-39-40-41-42-43-45-46-48-50-53-56-59-62-68(71)74-65-66(64-73-67(70)61-58-55-52-15-12-9-6-3)75-69(72)63-60-57-54-51-49-47-44-23-21-19-17-14-11-8-5-2/h7,10,16-19,22-24,26-27,29-30,32-33,35-36,38-39,41-42,44,66H,4-6,8-9,11-15,20-21,25,28,31,34,37,40,43,45-65H2,1-3H3/b10-7-,18-16-,19-17-,24-22-,27-26-,30-29-,33-32-,36-35-,39-38-,42-41-,44-23-. The van der Waals surface area contributed by atoms with E-state index in [0.29, 0.717) is 19.3 Å². The van der Waals surface area contributed by atoms with Gasteiger partial charge in [0, 0.05) is 19.3 Å². The fourth-order valence-electron chi connectivity index (χ4n) is 8.05. The molecule has 0 aliphatic carbocycles. The number of carbonyl (C=O) groups is 3. The van der Waals surface area contributed by atoms with Crippen LogP contribution in [0.2, 0.25) is 0 Å². The molecule has 6 nitrogen and oxygen atoms in total. The summed E-state index contributed by atoms with van der Waals surface area (Å²) in [5.74, 6) is -0.924. The summed E-state index contributed by atoms with van der Waals surface area (Å²) in [6.07, 6.45) is 87.6. The molecule has 0 aromatic rings. The number of hydrogen-bond donors (Lipinski definition) is 0. The van der Waals surface area contributed by atoms with Crippen LogP contribution in [-0.2, 0) is 28.6 Å². The van der Waals surface area contributed by atoms with E-state index in [9.17, 15) is 14.4 Å². The van der Waals surface area contributed by atoms with Crippen LogP contribution >= 0.6 is 0 Å². The lowest BCUT2D eigenvalue weighted by Crippen LogP contribution is -2.30. The summed E-state index contributed by atoms with van der Waals surface area (Å²) in [5, 5.41) is 0. The number of allylic oxidation sites excluding steroid dienone is 22. The van der Waals surface area contributed by atoms with Gasteiger partial charge in [0.2, 0.25) is 0 Å². The Morgan fingerprint density at radius 1 is 0.280 bits per heavy atom. The molecule has 0 radical (unpaired) electrons. The van der Waals surface area contributed by atoms with Crippen LogP contribution in [0, 0.1) is 0 Å². The maximum atomic E-state index is 12.8. The molecule has 424 valence electrons. The van der Waals surface area contributed by atoms with Gasteiger partial charge in [-0.3, -0.25) is 14.4 Å². The fraction of sp³-hybridized carbons (Fsp3) is 0.638. The van der Waals surface area contributed by atoms with Crippen molar-refractivity contribution in [2.75, 3.05) is 13.2 Å². The van der Waals surface area contributed by atoms with Gasteiger partial charge in [0.1, 0.15) is 13.2 Å². The number of carbonyl (C=O) groups excluding carboxylic acids is 3. The molecule has 0 saturated carbocycles. The average Bonchev–Trinajstić information content (AvgIpc) is 3.41. The molecule has 0 bridgehead atoms. The van der Waals surface area contributed by atoms with Crippen molar-refractivity contribution in [3.8, 4) is 0 Å². The van der Waals surface area contributed by atoms with E-state index >= 15 is 0 Å². The Morgan fingerprint density at radius 3 is 0.840 bits per heavy atom. The van der Waals surface area contributed by atoms with E-state index in [1.54, 1.807) is 0 Å². The predicted molar refractivity (Wildman–Crippen MR) is 325 cm³/mol. The normalized spacial score (nSPS) is 13.1. The minimum absolute atomic E-state index is 0.0888. The SMILES string of the molecule is CC/C=C\C/C=C\C/C=C\C/C=C\C/C=C\C/C=C\C/C=C\C/C=C\C/C=C\CCCCCCCCCC(=O)OCC(COC(=O)CCCCCCCCC)OC(=O)CCCCCCC/C=C\C/C=C\CCCCC. The van der Waals surface area contributed by atoms with Gasteiger partial charge in [-0.05, 0) is 122 Å². The molecule has 0 aromatic carbocycles. The molecule has 75 heavy (non-hydrogen) atoms. The van der Waals surface area contributed by atoms with Crippen molar-refractivity contribution >= 4 is 17.9 Å². The first kappa shape index (κ1) is 70.5. The third-order valence-electron chi connectivity index (χ3n) is 12.6. The lowest BCUT2D eigenvalue weighted by molar-refractivity contribution is -0.167. The molecule has 0 heterocycles. The summed E-state index contributed by atoms with van der Waals surface area (Å²) in [6, 6.07) is 0. The maximum absolute atomic E-state index is 12.8. The molecule has 0 N–H and O–H groups in total. The Morgan fingerprint density at radius 2 is 0.520 bits per heavy atom. The van der Waals surface area contributed by atoms with Gasteiger partial charge in [-0.2, -0.15) is 0 Å². The zero-order valence-corrected chi connectivity index (χ0v) is 48.5. The van der Waals surface area contributed by atoms with Crippen LogP contribution in [0.3, 0.4) is 0 Å². The minimum Gasteiger partial charge on any atom is -0.462 e. The molecular formula is C69H112O6. The lowest BCUT2D eigenvalue weighted by Gasteiger charge is -2.18. The number of ether oxygens (including phenoxy) is 3. The highest BCUT2D eigenvalue weighted by Gasteiger charge is 2.19. The molecule has 1 atom stereocenters. The van der Waals surface area contributed by atoms with Crippen LogP contribution in [0.15, 0.2) is 134 Å². The van der Waals surface area contributed by atoms with E-state index in [2.05, 4.69) is 154 Å². The first-order chi connectivity index (χ1) is 37.0. The van der Waals surface area contributed by atoms with Gasteiger partial charge in [0.05, 0.1) is 0 Å². The maximum Gasteiger partial charge on any atom is 0.306 e. The van der Waals surface area contributed by atoms with Gasteiger partial charge in [-0.15, -0.1) is 0 Å². The van der Waals surface area contributed by atoms with Crippen molar-refractivity contribution in [1.29, 1.82) is 0 Å². The molecule has 0 aliphatic rings. The lowest BCUT2D eigenvalue weighted by atomic mass is 10.1. The van der Waals surface area contributed by atoms with Crippen molar-refractivity contribution in [2.24, 2.45) is 0 Å². The molecule has 6 heteroatoms. The summed E-state index contributed by atoms with van der Waals surface area (Å²) >= 11 is 0. The topological polar surface area (TPSA) is 78.9 Å². The Kier molecular flexibility index (Phi) is 58.4. The van der Waals surface area contributed by atoms with Crippen LogP contribution < -0.4 is 0 Å². The van der Waals surface area contributed by atoms with Crippen molar-refractivity contribution in [1.82, 2.24) is 0 Å². The second-order valence-electron chi connectivity index (χ2n) is 19.9. The van der Waals surface area contributed by atoms with Gasteiger partial charge >= 0.3 is 17.9 Å². The Balaban J connectivity index is 4.15. The fourth-order valence-corrected chi connectivity index (χ4v) is 8.05. The average molecular weight is 1040 g/mol. The van der Waals surface area contributed by atoms with Crippen LogP contribution in [0.1, 0.15) is 265 Å². The number of unbranched alkanes of at least 4 members (excludes halogenated alkanes) is 21. The van der Waals surface area contributed by atoms with Gasteiger partial charge in [-0.1, -0.05) is 257 Å². The van der Waals surface area contributed by atoms with Gasteiger partial charge < -0.3 is 14.2 Å². The Bertz CT molecular complexity index is 1620. The highest BCUT2D eigenvalue weighted by atomic mass is 16.6. The Labute approximate surface area is 462 Å². The summed E-state index contributed by atoms with van der Waals surface area (Å²) in [5.41, 5.74) is 0. The second-order valence-corrected chi connectivity index (χ2v) is 19.9. The largest absolute Gasteiger partial charge is 0.462 e. The highest BCUT2D eigenvalue weighted by molar-refractivity contribution is 5.71. The van der Waals surface area contributed by atoms with Crippen LogP contribution in [0.5, 0.6) is 0 Å². The molecule has 0 aromatic heterocycles. The summed E-state index contributed by atoms with van der Waals surface area (Å²) in [7, 11) is 0. The van der Waals surface area contributed by atoms with Crippen molar-refractivity contribution < 1.29 is 28.6 Å². The van der Waals surface area contributed by atoms with Crippen LogP contribution in [0.4, 0.5) is 0 Å². The molecule has 0 amide bonds. The van der Waals surface area contributed by atoms with E-state index in [4.69, 9.17) is 14.2 Å². The number of esters is 3.